The lowest BCUT2D eigenvalue weighted by Gasteiger charge is -2.21. The van der Waals surface area contributed by atoms with E-state index in [9.17, 15) is 4.79 Å². The van der Waals surface area contributed by atoms with Crippen LogP contribution in [-0.4, -0.2) is 48.0 Å². The highest BCUT2D eigenvalue weighted by molar-refractivity contribution is 5.95. The lowest BCUT2D eigenvalue weighted by molar-refractivity contribution is 0.0760. The van der Waals surface area contributed by atoms with Gasteiger partial charge in [-0.25, -0.2) is 9.97 Å². The molecule has 0 spiro atoms. The number of aromatic nitrogens is 2. The summed E-state index contributed by atoms with van der Waals surface area (Å²) in [5.41, 5.74) is 1.39. The van der Waals surface area contributed by atoms with Gasteiger partial charge in [-0.3, -0.25) is 4.79 Å². The fraction of sp³-hybridized carbons (Fsp3) is 0.643. The molecule has 1 aliphatic heterocycles. The van der Waals surface area contributed by atoms with E-state index in [1.165, 1.54) is 12.8 Å². The Morgan fingerprint density at radius 2 is 1.84 bits per heavy atom. The van der Waals surface area contributed by atoms with Crippen molar-refractivity contribution in [2.75, 3.05) is 32.1 Å². The van der Waals surface area contributed by atoms with Gasteiger partial charge in [0, 0.05) is 33.4 Å². The van der Waals surface area contributed by atoms with E-state index >= 15 is 0 Å². The summed E-state index contributed by atoms with van der Waals surface area (Å²) in [5.74, 6) is 0.717. The molecule has 5 nitrogen and oxygen atoms in total. The van der Waals surface area contributed by atoms with Crippen molar-refractivity contribution in [2.45, 2.75) is 32.6 Å². The maximum Gasteiger partial charge on any atom is 0.257 e. The number of amides is 1. The normalized spacial score (nSPS) is 16.1. The first-order valence-corrected chi connectivity index (χ1v) is 6.90. The highest BCUT2D eigenvalue weighted by atomic mass is 16.2. The molecular weight excluding hydrogens is 240 g/mol. The summed E-state index contributed by atoms with van der Waals surface area (Å²) in [6, 6.07) is 0. The first-order chi connectivity index (χ1) is 9.09. The fourth-order valence-electron chi connectivity index (χ4n) is 2.32. The van der Waals surface area contributed by atoms with Crippen LogP contribution >= 0.6 is 0 Å². The van der Waals surface area contributed by atoms with Crippen molar-refractivity contribution in [1.82, 2.24) is 14.9 Å². The van der Waals surface area contributed by atoms with Gasteiger partial charge in [0.1, 0.15) is 0 Å². The van der Waals surface area contributed by atoms with Crippen LogP contribution in [0.15, 0.2) is 6.20 Å². The molecule has 19 heavy (non-hydrogen) atoms. The molecule has 1 amide bonds. The van der Waals surface area contributed by atoms with E-state index in [1.54, 1.807) is 6.20 Å². The molecule has 1 aromatic rings. The van der Waals surface area contributed by atoms with E-state index in [-0.39, 0.29) is 5.91 Å². The number of anilines is 1. The maximum absolute atomic E-state index is 12.5. The van der Waals surface area contributed by atoms with Gasteiger partial charge >= 0.3 is 0 Å². The number of likely N-dealkylation sites (tertiary alicyclic amines) is 1. The Morgan fingerprint density at radius 1 is 1.21 bits per heavy atom. The number of rotatable bonds is 2. The zero-order valence-electron chi connectivity index (χ0n) is 12.0. The van der Waals surface area contributed by atoms with E-state index < -0.39 is 0 Å². The molecule has 104 valence electrons. The summed E-state index contributed by atoms with van der Waals surface area (Å²) in [6.45, 7) is 3.58. The lowest BCUT2D eigenvalue weighted by Crippen LogP contribution is -2.32. The van der Waals surface area contributed by atoms with Gasteiger partial charge in [0.05, 0.1) is 11.3 Å². The highest BCUT2D eigenvalue weighted by Crippen LogP contribution is 2.15. The number of aryl methyl sites for hydroxylation is 1. The molecule has 1 saturated heterocycles. The molecular formula is C14H22N4O. The Morgan fingerprint density at radius 3 is 2.37 bits per heavy atom. The molecule has 0 N–H and O–H groups in total. The molecule has 2 rings (SSSR count). The van der Waals surface area contributed by atoms with E-state index in [2.05, 4.69) is 9.97 Å². The average Bonchev–Trinajstić information content (AvgIpc) is 2.66. The van der Waals surface area contributed by atoms with Crippen molar-refractivity contribution in [1.29, 1.82) is 0 Å². The number of nitrogens with zero attached hydrogens (tertiary/aromatic N) is 4. The molecule has 1 aliphatic rings. The van der Waals surface area contributed by atoms with Crippen molar-refractivity contribution in [3.8, 4) is 0 Å². The minimum absolute atomic E-state index is 0.0738. The zero-order chi connectivity index (χ0) is 13.8. The molecule has 0 aliphatic carbocycles. The fourth-order valence-corrected chi connectivity index (χ4v) is 2.32. The van der Waals surface area contributed by atoms with Gasteiger partial charge < -0.3 is 9.80 Å². The summed E-state index contributed by atoms with van der Waals surface area (Å²) in [5, 5.41) is 0. The van der Waals surface area contributed by atoms with E-state index in [0.717, 1.165) is 31.6 Å². The van der Waals surface area contributed by atoms with Gasteiger partial charge in [0.25, 0.3) is 5.91 Å². The Hall–Kier alpha value is -1.65. The first-order valence-electron chi connectivity index (χ1n) is 6.90. The van der Waals surface area contributed by atoms with Crippen LogP contribution in [0.4, 0.5) is 5.95 Å². The highest BCUT2D eigenvalue weighted by Gasteiger charge is 2.20. The van der Waals surface area contributed by atoms with Crippen molar-refractivity contribution in [3.05, 3.63) is 17.5 Å². The van der Waals surface area contributed by atoms with Crippen LogP contribution in [0.5, 0.6) is 0 Å². The second-order valence-corrected chi connectivity index (χ2v) is 5.27. The SMILES string of the molecule is Cc1nc(N(C)C)ncc1C(=O)N1CCCCCC1. The largest absolute Gasteiger partial charge is 0.347 e. The predicted molar refractivity (Wildman–Crippen MR) is 75.5 cm³/mol. The molecule has 0 aromatic carbocycles. The van der Waals surface area contributed by atoms with Gasteiger partial charge in [-0.15, -0.1) is 0 Å². The molecule has 0 unspecified atom stereocenters. The third-order valence-electron chi connectivity index (χ3n) is 3.49. The van der Waals surface area contributed by atoms with E-state index in [0.29, 0.717) is 11.5 Å². The van der Waals surface area contributed by atoms with Crippen LogP contribution in [0.1, 0.15) is 41.7 Å². The summed E-state index contributed by atoms with van der Waals surface area (Å²) in [4.78, 5) is 24.9. The summed E-state index contributed by atoms with van der Waals surface area (Å²) < 4.78 is 0. The third-order valence-corrected chi connectivity index (χ3v) is 3.49. The number of carbonyl (C=O) groups is 1. The van der Waals surface area contributed by atoms with Gasteiger partial charge in [-0.2, -0.15) is 0 Å². The van der Waals surface area contributed by atoms with Crippen LogP contribution in [-0.2, 0) is 0 Å². The Labute approximate surface area is 114 Å². The van der Waals surface area contributed by atoms with E-state index in [1.807, 2.05) is 30.8 Å². The van der Waals surface area contributed by atoms with E-state index in [4.69, 9.17) is 0 Å². The molecule has 1 fully saturated rings. The second-order valence-electron chi connectivity index (χ2n) is 5.27. The summed E-state index contributed by atoms with van der Waals surface area (Å²) >= 11 is 0. The van der Waals surface area contributed by atoms with Gasteiger partial charge in [-0.1, -0.05) is 12.8 Å². The lowest BCUT2D eigenvalue weighted by atomic mass is 10.2. The minimum Gasteiger partial charge on any atom is -0.347 e. The second kappa shape index (κ2) is 5.99. The Kier molecular flexibility index (Phi) is 4.35. The maximum atomic E-state index is 12.5. The quantitative estimate of drug-likeness (QED) is 0.816. The first kappa shape index (κ1) is 13.8. The van der Waals surface area contributed by atoms with Gasteiger partial charge in [-0.05, 0) is 19.8 Å². The molecule has 2 heterocycles. The minimum atomic E-state index is 0.0738. The molecule has 0 radical (unpaired) electrons. The topological polar surface area (TPSA) is 49.3 Å². The van der Waals surface area contributed by atoms with Crippen LogP contribution in [0, 0.1) is 6.92 Å². The van der Waals surface area contributed by atoms with Crippen LogP contribution in [0.25, 0.3) is 0 Å². The number of hydrogen-bond donors (Lipinski definition) is 0. The molecule has 0 saturated carbocycles. The molecule has 0 atom stereocenters. The average molecular weight is 262 g/mol. The Bertz CT molecular complexity index is 451. The van der Waals surface area contributed by atoms with Crippen LogP contribution in [0.3, 0.4) is 0 Å². The number of hydrogen-bond acceptors (Lipinski definition) is 4. The predicted octanol–water partition coefficient (Wildman–Crippen LogP) is 1.87. The molecule has 0 bridgehead atoms. The standard InChI is InChI=1S/C14H22N4O/c1-11-12(10-15-14(16-11)17(2)3)13(19)18-8-6-4-5-7-9-18/h10H,4-9H2,1-3H3. The van der Waals surface area contributed by atoms with Crippen molar-refractivity contribution >= 4 is 11.9 Å². The van der Waals surface area contributed by atoms with Gasteiger partial charge in [0.2, 0.25) is 5.95 Å². The molecule has 1 aromatic heterocycles. The summed E-state index contributed by atoms with van der Waals surface area (Å²) in [7, 11) is 3.79. The van der Waals surface area contributed by atoms with Crippen molar-refractivity contribution in [3.63, 3.8) is 0 Å². The van der Waals surface area contributed by atoms with Crippen LogP contribution < -0.4 is 4.90 Å². The zero-order valence-corrected chi connectivity index (χ0v) is 12.0. The van der Waals surface area contributed by atoms with Crippen molar-refractivity contribution in [2.24, 2.45) is 0 Å². The summed E-state index contributed by atoms with van der Waals surface area (Å²) in [6.07, 6.45) is 6.30. The Balaban J connectivity index is 2.18. The van der Waals surface area contributed by atoms with Gasteiger partial charge in [0.15, 0.2) is 0 Å². The molecule has 5 heteroatoms. The smallest absolute Gasteiger partial charge is 0.257 e. The van der Waals surface area contributed by atoms with Crippen LogP contribution in [0.2, 0.25) is 0 Å². The monoisotopic (exact) mass is 262 g/mol. The number of carbonyl (C=O) groups excluding carboxylic acids is 1. The van der Waals surface area contributed by atoms with Crippen molar-refractivity contribution < 1.29 is 4.79 Å². The third kappa shape index (κ3) is 3.22.